The van der Waals surface area contributed by atoms with E-state index in [2.05, 4.69) is 6.92 Å². The Morgan fingerprint density at radius 2 is 1.62 bits per heavy atom. The molecule has 0 spiro atoms. The molecule has 2 fully saturated rings. The zero-order chi connectivity index (χ0) is 21.6. The van der Waals surface area contributed by atoms with Gasteiger partial charge in [-0.2, -0.15) is 0 Å². The monoisotopic (exact) mass is 409 g/mol. The zero-order valence-corrected chi connectivity index (χ0v) is 18.9. The molecule has 0 saturated carbocycles. The van der Waals surface area contributed by atoms with Crippen molar-refractivity contribution in [2.45, 2.75) is 84.8 Å². The maximum absolute atomic E-state index is 12.9. The van der Waals surface area contributed by atoms with E-state index in [9.17, 15) is 14.4 Å². The third-order valence-electron chi connectivity index (χ3n) is 5.90. The van der Waals surface area contributed by atoms with E-state index in [1.54, 1.807) is 11.8 Å². The van der Waals surface area contributed by atoms with Crippen molar-refractivity contribution in [2.75, 3.05) is 32.7 Å². The largest absolute Gasteiger partial charge is 0.444 e. The van der Waals surface area contributed by atoms with Crippen molar-refractivity contribution >= 4 is 17.9 Å². The first-order valence-corrected chi connectivity index (χ1v) is 11.1. The first kappa shape index (κ1) is 23.5. The van der Waals surface area contributed by atoms with Crippen LogP contribution in [0, 0.1) is 5.92 Å². The number of carbonyl (C=O) groups excluding carboxylic acids is 3. The van der Waals surface area contributed by atoms with Gasteiger partial charge in [0.15, 0.2) is 0 Å². The maximum Gasteiger partial charge on any atom is 0.410 e. The fraction of sp³-hybridized carbons (Fsp3) is 0.864. The lowest BCUT2D eigenvalue weighted by molar-refractivity contribution is -0.137. The van der Waals surface area contributed by atoms with Gasteiger partial charge in [-0.3, -0.25) is 9.59 Å². The lowest BCUT2D eigenvalue weighted by atomic mass is 9.91. The summed E-state index contributed by atoms with van der Waals surface area (Å²) in [5.41, 5.74) is -0.512. The minimum atomic E-state index is -0.512. The van der Waals surface area contributed by atoms with Crippen molar-refractivity contribution in [3.05, 3.63) is 0 Å². The number of rotatable bonds is 5. The normalized spacial score (nSPS) is 21.3. The van der Waals surface area contributed by atoms with E-state index < -0.39 is 5.60 Å². The van der Waals surface area contributed by atoms with Gasteiger partial charge in [-0.05, 0) is 52.4 Å². The minimum absolute atomic E-state index is 0.0633. The SMILES string of the molecule is CCC[C@H]1CN(C(=O)OC(C)(C)C)CCN1C(=O)CCC1CCN(C(C)=O)CC1. The molecule has 2 aliphatic rings. The molecule has 2 aliphatic heterocycles. The summed E-state index contributed by atoms with van der Waals surface area (Å²) in [5.74, 6) is 0.855. The highest BCUT2D eigenvalue weighted by Gasteiger charge is 2.34. The van der Waals surface area contributed by atoms with Gasteiger partial charge in [0.05, 0.1) is 0 Å². The van der Waals surface area contributed by atoms with E-state index in [0.717, 1.165) is 45.2 Å². The van der Waals surface area contributed by atoms with E-state index in [4.69, 9.17) is 4.74 Å². The van der Waals surface area contributed by atoms with Crippen LogP contribution in [0.25, 0.3) is 0 Å². The van der Waals surface area contributed by atoms with Crippen molar-refractivity contribution in [3.8, 4) is 0 Å². The molecule has 3 amide bonds. The number of hydrogen-bond acceptors (Lipinski definition) is 4. The second-order valence-electron chi connectivity index (χ2n) is 9.44. The molecule has 1 atom stereocenters. The van der Waals surface area contributed by atoms with Crippen molar-refractivity contribution in [1.82, 2.24) is 14.7 Å². The van der Waals surface area contributed by atoms with Crippen LogP contribution in [0.15, 0.2) is 0 Å². The Bertz CT molecular complexity index is 579. The zero-order valence-electron chi connectivity index (χ0n) is 18.9. The van der Waals surface area contributed by atoms with Gasteiger partial charge in [-0.15, -0.1) is 0 Å². The number of hydrogen-bond donors (Lipinski definition) is 0. The molecule has 0 N–H and O–H groups in total. The van der Waals surface area contributed by atoms with Crippen LogP contribution in [-0.2, 0) is 14.3 Å². The summed E-state index contributed by atoms with van der Waals surface area (Å²) in [4.78, 5) is 42.4. The molecule has 0 bridgehead atoms. The molecule has 7 heteroatoms. The summed E-state index contributed by atoms with van der Waals surface area (Å²) in [5, 5.41) is 0. The lowest BCUT2D eigenvalue weighted by Crippen LogP contribution is -2.57. The van der Waals surface area contributed by atoms with E-state index in [-0.39, 0.29) is 23.9 Å². The molecule has 0 unspecified atom stereocenters. The number of ether oxygens (including phenoxy) is 1. The van der Waals surface area contributed by atoms with Crippen molar-refractivity contribution in [2.24, 2.45) is 5.92 Å². The smallest absolute Gasteiger partial charge is 0.410 e. The summed E-state index contributed by atoms with van der Waals surface area (Å²) in [6, 6.07) is 0.0633. The Labute approximate surface area is 175 Å². The molecule has 0 aromatic heterocycles. The number of piperidine rings is 1. The average Bonchev–Trinajstić information content (AvgIpc) is 2.65. The maximum atomic E-state index is 12.9. The van der Waals surface area contributed by atoms with Crippen molar-refractivity contribution in [1.29, 1.82) is 0 Å². The second kappa shape index (κ2) is 10.3. The summed E-state index contributed by atoms with van der Waals surface area (Å²) in [6.45, 7) is 12.6. The first-order chi connectivity index (χ1) is 13.6. The third-order valence-corrected chi connectivity index (χ3v) is 5.90. The predicted molar refractivity (Wildman–Crippen MR) is 112 cm³/mol. The third kappa shape index (κ3) is 7.19. The van der Waals surface area contributed by atoms with Crippen LogP contribution < -0.4 is 0 Å². The Morgan fingerprint density at radius 1 is 0.966 bits per heavy atom. The van der Waals surface area contributed by atoms with Crippen LogP contribution in [0.1, 0.15) is 73.1 Å². The van der Waals surface area contributed by atoms with Gasteiger partial charge >= 0.3 is 6.09 Å². The summed E-state index contributed by atoms with van der Waals surface area (Å²) < 4.78 is 5.51. The van der Waals surface area contributed by atoms with Crippen molar-refractivity contribution < 1.29 is 19.1 Å². The van der Waals surface area contributed by atoms with Crippen LogP contribution in [0.5, 0.6) is 0 Å². The Kier molecular flexibility index (Phi) is 8.34. The Morgan fingerprint density at radius 3 is 2.17 bits per heavy atom. The van der Waals surface area contributed by atoms with Crippen LogP contribution in [0.4, 0.5) is 4.79 Å². The Balaban J connectivity index is 1.85. The van der Waals surface area contributed by atoms with Gasteiger partial charge in [0, 0.05) is 52.1 Å². The standard InChI is InChI=1S/C22H39N3O4/c1-6-7-19-16-24(21(28)29-22(3,4)5)14-15-25(19)20(27)9-8-18-10-12-23(13-11-18)17(2)26/h18-19H,6-16H2,1-5H3/t19-/m0/s1. The highest BCUT2D eigenvalue weighted by Crippen LogP contribution is 2.24. The van der Waals surface area contributed by atoms with Crippen LogP contribution >= 0.6 is 0 Å². The summed E-state index contributed by atoms with van der Waals surface area (Å²) in [7, 11) is 0. The molecule has 7 nitrogen and oxygen atoms in total. The van der Waals surface area contributed by atoms with Gasteiger partial charge in [0.2, 0.25) is 11.8 Å². The van der Waals surface area contributed by atoms with Gasteiger partial charge in [0.25, 0.3) is 0 Å². The van der Waals surface area contributed by atoms with Gasteiger partial charge in [0.1, 0.15) is 5.60 Å². The van der Waals surface area contributed by atoms with Crippen LogP contribution in [-0.4, -0.2) is 77.0 Å². The number of carbonyl (C=O) groups is 3. The molecular weight excluding hydrogens is 370 g/mol. The number of nitrogens with zero attached hydrogens (tertiary/aromatic N) is 3. The second-order valence-corrected chi connectivity index (χ2v) is 9.44. The molecule has 29 heavy (non-hydrogen) atoms. The first-order valence-electron chi connectivity index (χ1n) is 11.1. The van der Waals surface area contributed by atoms with E-state index in [1.807, 2.05) is 30.6 Å². The quantitative estimate of drug-likeness (QED) is 0.699. The molecule has 166 valence electrons. The van der Waals surface area contributed by atoms with Gasteiger partial charge in [-0.1, -0.05) is 13.3 Å². The molecule has 0 aromatic carbocycles. The van der Waals surface area contributed by atoms with E-state index >= 15 is 0 Å². The fourth-order valence-electron chi connectivity index (χ4n) is 4.26. The average molecular weight is 410 g/mol. The fourth-order valence-corrected chi connectivity index (χ4v) is 4.26. The predicted octanol–water partition coefficient (Wildman–Crippen LogP) is 3.27. The van der Waals surface area contributed by atoms with Crippen LogP contribution in [0.3, 0.4) is 0 Å². The highest BCUT2D eigenvalue weighted by molar-refractivity contribution is 5.77. The van der Waals surface area contributed by atoms with E-state index in [0.29, 0.717) is 32.0 Å². The number of likely N-dealkylation sites (tertiary alicyclic amines) is 1. The molecule has 0 aromatic rings. The molecule has 0 aliphatic carbocycles. The van der Waals surface area contributed by atoms with Crippen molar-refractivity contribution in [3.63, 3.8) is 0 Å². The minimum Gasteiger partial charge on any atom is -0.444 e. The Hall–Kier alpha value is -1.79. The lowest BCUT2D eigenvalue weighted by Gasteiger charge is -2.42. The molecule has 0 radical (unpaired) electrons. The molecule has 2 heterocycles. The molecule has 2 saturated heterocycles. The topological polar surface area (TPSA) is 70.2 Å². The van der Waals surface area contributed by atoms with Gasteiger partial charge < -0.3 is 19.4 Å². The van der Waals surface area contributed by atoms with Gasteiger partial charge in [-0.25, -0.2) is 4.79 Å². The number of amides is 3. The summed E-state index contributed by atoms with van der Waals surface area (Å²) in [6.07, 6.45) is 4.98. The number of piperazine rings is 1. The highest BCUT2D eigenvalue weighted by atomic mass is 16.6. The van der Waals surface area contributed by atoms with Crippen LogP contribution in [0.2, 0.25) is 0 Å². The molecular formula is C22H39N3O4. The summed E-state index contributed by atoms with van der Waals surface area (Å²) >= 11 is 0. The molecule has 2 rings (SSSR count). The van der Waals surface area contributed by atoms with E-state index in [1.165, 1.54) is 0 Å².